The monoisotopic (exact) mass is 336 g/mol. The van der Waals surface area contributed by atoms with E-state index in [9.17, 15) is 4.79 Å². The second-order valence-electron chi connectivity index (χ2n) is 4.64. The minimum absolute atomic E-state index is 0.0530. The Morgan fingerprint density at radius 2 is 2.14 bits per heavy atom. The first-order valence-electron chi connectivity index (χ1n) is 6.75. The Hall–Kier alpha value is -1.63. The van der Waals surface area contributed by atoms with E-state index < -0.39 is 6.04 Å². The van der Waals surface area contributed by atoms with Crippen molar-refractivity contribution < 1.29 is 4.79 Å². The summed E-state index contributed by atoms with van der Waals surface area (Å²) >= 11 is 7.76. The van der Waals surface area contributed by atoms with Crippen LogP contribution in [0.15, 0.2) is 36.5 Å². The lowest BCUT2D eigenvalue weighted by Crippen LogP contribution is -2.32. The number of anilines is 2. The van der Waals surface area contributed by atoms with Gasteiger partial charge in [0.2, 0.25) is 5.78 Å². The molecule has 5 nitrogen and oxygen atoms in total. The van der Waals surface area contributed by atoms with Crippen molar-refractivity contribution >= 4 is 40.5 Å². The van der Waals surface area contributed by atoms with Crippen LogP contribution in [-0.2, 0) is 0 Å². The number of carbonyl (C=O) groups is 1. The maximum absolute atomic E-state index is 12.1. The molecule has 0 aliphatic rings. The summed E-state index contributed by atoms with van der Waals surface area (Å²) in [6.07, 6.45) is 4.05. The van der Waals surface area contributed by atoms with Crippen molar-refractivity contribution in [2.45, 2.75) is 12.5 Å². The van der Waals surface area contributed by atoms with Gasteiger partial charge in [0.15, 0.2) is 11.0 Å². The van der Waals surface area contributed by atoms with E-state index in [0.717, 1.165) is 11.4 Å². The normalized spacial score (nSPS) is 12.0. The van der Waals surface area contributed by atoms with Gasteiger partial charge >= 0.3 is 0 Å². The van der Waals surface area contributed by atoms with Gasteiger partial charge in [-0.2, -0.15) is 11.8 Å². The van der Waals surface area contributed by atoms with Gasteiger partial charge in [0.25, 0.3) is 0 Å². The molecule has 0 bridgehead atoms. The molecular weight excluding hydrogens is 320 g/mol. The molecule has 22 heavy (non-hydrogen) atoms. The van der Waals surface area contributed by atoms with E-state index in [2.05, 4.69) is 15.3 Å². The van der Waals surface area contributed by atoms with Crippen LogP contribution in [-0.4, -0.2) is 33.8 Å². The molecule has 0 amide bonds. The Bertz CT molecular complexity index is 639. The molecule has 0 saturated carbocycles. The molecule has 1 heterocycles. The summed E-state index contributed by atoms with van der Waals surface area (Å²) in [5.41, 5.74) is 7.25. The molecule has 2 aromatic rings. The molecule has 7 heteroatoms. The average Bonchev–Trinajstić information content (AvgIpc) is 2.54. The summed E-state index contributed by atoms with van der Waals surface area (Å²) in [7, 11) is 0. The lowest BCUT2D eigenvalue weighted by atomic mass is 10.1. The highest BCUT2D eigenvalue weighted by molar-refractivity contribution is 7.98. The predicted molar refractivity (Wildman–Crippen MR) is 92.1 cm³/mol. The molecule has 0 aliphatic heterocycles. The maximum atomic E-state index is 12.1. The molecule has 0 saturated heterocycles. The van der Waals surface area contributed by atoms with Crippen molar-refractivity contribution in [2.75, 3.05) is 17.3 Å². The van der Waals surface area contributed by atoms with Crippen LogP contribution in [0.25, 0.3) is 0 Å². The second kappa shape index (κ2) is 8.12. The first kappa shape index (κ1) is 16.7. The topological polar surface area (TPSA) is 80.9 Å². The Kier molecular flexibility index (Phi) is 6.18. The smallest absolute Gasteiger partial charge is 0.216 e. The summed E-state index contributed by atoms with van der Waals surface area (Å²) < 4.78 is 0. The molecule has 0 spiro atoms. The van der Waals surface area contributed by atoms with Gasteiger partial charge in [-0.05, 0) is 30.6 Å². The summed E-state index contributed by atoms with van der Waals surface area (Å²) in [5, 5.41) is 3.29. The molecule has 1 atom stereocenters. The van der Waals surface area contributed by atoms with Crippen LogP contribution in [0, 0.1) is 0 Å². The largest absolute Gasteiger partial charge is 0.352 e. The molecule has 1 aromatic heterocycles. The number of carbonyl (C=O) groups excluding carboxylic acids is 1. The maximum Gasteiger partial charge on any atom is 0.216 e. The molecular formula is C15H17ClN4OS. The quantitative estimate of drug-likeness (QED) is 0.597. The van der Waals surface area contributed by atoms with Gasteiger partial charge in [-0.3, -0.25) is 4.79 Å². The number of hydrogen-bond acceptors (Lipinski definition) is 6. The fourth-order valence-corrected chi connectivity index (χ4v) is 2.45. The summed E-state index contributed by atoms with van der Waals surface area (Å²) in [6, 6.07) is 8.92. The van der Waals surface area contributed by atoms with Crippen LogP contribution in [0.5, 0.6) is 0 Å². The van der Waals surface area contributed by atoms with E-state index in [0.29, 0.717) is 12.1 Å². The second-order valence-corrected chi connectivity index (χ2v) is 5.98. The summed E-state index contributed by atoms with van der Waals surface area (Å²) in [4.78, 5) is 20.3. The number of nitrogens with one attached hydrogen (secondary N) is 1. The van der Waals surface area contributed by atoms with Gasteiger partial charge in [-0.1, -0.05) is 29.8 Å². The Labute approximate surface area is 138 Å². The van der Waals surface area contributed by atoms with Crippen molar-refractivity contribution in [3.05, 3.63) is 47.5 Å². The Morgan fingerprint density at radius 1 is 1.41 bits per heavy atom. The van der Waals surface area contributed by atoms with Crippen molar-refractivity contribution in [2.24, 2.45) is 5.73 Å². The van der Waals surface area contributed by atoms with E-state index in [1.807, 2.05) is 36.6 Å². The number of Topliss-reactive ketones (excluding diaryl/α,β-unsaturated/α-hetero) is 1. The van der Waals surface area contributed by atoms with E-state index >= 15 is 0 Å². The van der Waals surface area contributed by atoms with Crippen LogP contribution in [0.2, 0.25) is 5.15 Å². The van der Waals surface area contributed by atoms with Gasteiger partial charge < -0.3 is 11.1 Å². The third-order valence-corrected chi connectivity index (χ3v) is 3.92. The zero-order valence-corrected chi connectivity index (χ0v) is 13.7. The molecule has 0 aliphatic carbocycles. The van der Waals surface area contributed by atoms with Gasteiger partial charge in [-0.25, -0.2) is 9.97 Å². The molecule has 3 N–H and O–H groups in total. The third kappa shape index (κ3) is 4.43. The van der Waals surface area contributed by atoms with E-state index in [-0.39, 0.29) is 16.8 Å². The number of rotatable bonds is 7. The van der Waals surface area contributed by atoms with Gasteiger partial charge in [-0.15, -0.1) is 0 Å². The van der Waals surface area contributed by atoms with Crippen LogP contribution >= 0.6 is 23.4 Å². The SMILES string of the molecule is CSCCC(N)C(=O)c1ncc(Nc2ccccc2)c(Cl)n1. The van der Waals surface area contributed by atoms with Gasteiger partial charge in [0.05, 0.1) is 17.9 Å². The highest BCUT2D eigenvalue weighted by atomic mass is 35.5. The standard InChI is InChI=1S/C15H17ClN4OS/c1-22-8-7-11(17)13(21)15-18-9-12(14(16)20-15)19-10-5-3-2-4-6-10/h2-6,9,11,19H,7-8,17H2,1H3. The van der Waals surface area contributed by atoms with E-state index in [1.165, 1.54) is 6.20 Å². The Balaban J connectivity index is 2.10. The lowest BCUT2D eigenvalue weighted by Gasteiger charge is -2.11. The fraction of sp³-hybridized carbons (Fsp3) is 0.267. The third-order valence-electron chi connectivity index (χ3n) is 2.99. The first-order valence-corrected chi connectivity index (χ1v) is 8.52. The van der Waals surface area contributed by atoms with Crippen molar-refractivity contribution in [1.29, 1.82) is 0 Å². The van der Waals surface area contributed by atoms with Crippen molar-refractivity contribution in [3.8, 4) is 0 Å². The fourth-order valence-electron chi connectivity index (χ4n) is 1.78. The van der Waals surface area contributed by atoms with Gasteiger partial charge in [0, 0.05) is 5.69 Å². The zero-order valence-electron chi connectivity index (χ0n) is 12.1. The minimum Gasteiger partial charge on any atom is -0.352 e. The number of benzene rings is 1. The molecule has 0 radical (unpaired) electrons. The van der Waals surface area contributed by atoms with Crippen LogP contribution < -0.4 is 11.1 Å². The number of hydrogen-bond donors (Lipinski definition) is 2. The summed E-state index contributed by atoms with van der Waals surface area (Å²) in [6.45, 7) is 0. The highest BCUT2D eigenvalue weighted by Gasteiger charge is 2.19. The summed E-state index contributed by atoms with van der Waals surface area (Å²) in [5.74, 6) is 0.577. The van der Waals surface area contributed by atoms with E-state index in [4.69, 9.17) is 17.3 Å². The average molecular weight is 337 g/mol. The van der Waals surface area contributed by atoms with Crippen LogP contribution in [0.1, 0.15) is 17.0 Å². The molecule has 2 rings (SSSR count). The number of para-hydroxylation sites is 1. The number of ketones is 1. The number of thioether (sulfide) groups is 1. The van der Waals surface area contributed by atoms with Crippen molar-refractivity contribution in [1.82, 2.24) is 9.97 Å². The van der Waals surface area contributed by atoms with Gasteiger partial charge in [0.1, 0.15) is 0 Å². The first-order chi connectivity index (χ1) is 10.6. The van der Waals surface area contributed by atoms with Crippen molar-refractivity contribution in [3.63, 3.8) is 0 Å². The zero-order chi connectivity index (χ0) is 15.9. The minimum atomic E-state index is -0.601. The molecule has 1 unspecified atom stereocenters. The van der Waals surface area contributed by atoms with Crippen LogP contribution in [0.4, 0.5) is 11.4 Å². The number of nitrogens with zero attached hydrogens (tertiary/aromatic N) is 2. The predicted octanol–water partition coefficient (Wildman–Crippen LogP) is 3.14. The van der Waals surface area contributed by atoms with Crippen LogP contribution in [0.3, 0.4) is 0 Å². The number of nitrogens with two attached hydrogens (primary N) is 1. The molecule has 0 fully saturated rings. The Morgan fingerprint density at radius 3 is 2.77 bits per heavy atom. The highest BCUT2D eigenvalue weighted by Crippen LogP contribution is 2.22. The molecule has 1 aromatic carbocycles. The lowest BCUT2D eigenvalue weighted by molar-refractivity contribution is 0.0949. The van der Waals surface area contributed by atoms with E-state index in [1.54, 1.807) is 11.8 Å². The molecule has 116 valence electrons. The number of halogens is 1. The number of aromatic nitrogens is 2.